The molecule has 0 fully saturated rings. The second kappa shape index (κ2) is 26.8. The molecule has 0 radical (unpaired) electrons. The summed E-state index contributed by atoms with van der Waals surface area (Å²) in [6.45, 7) is 14.6. The van der Waals surface area contributed by atoms with Crippen molar-refractivity contribution in [2.45, 2.75) is 6.42 Å². The highest BCUT2D eigenvalue weighted by Crippen LogP contribution is 1.89. The van der Waals surface area contributed by atoms with Gasteiger partial charge in [-0.3, -0.25) is 4.79 Å². The summed E-state index contributed by atoms with van der Waals surface area (Å²) in [4.78, 5) is 16.1. The van der Waals surface area contributed by atoms with Crippen LogP contribution in [0.2, 0.25) is 0 Å². The van der Waals surface area contributed by atoms with Gasteiger partial charge in [-0.05, 0) is 6.08 Å². The zero-order valence-corrected chi connectivity index (χ0v) is 20.0. The Labute approximate surface area is 197 Å². The lowest BCUT2D eigenvalue weighted by Gasteiger charge is -2.08. The minimum Gasteiger partial charge on any atom is -0.379 e. The summed E-state index contributed by atoms with van der Waals surface area (Å²) in [5, 5.41) is 2.59. The number of hydrogen-bond donors (Lipinski definition) is 2. The molecule has 0 saturated heterocycles. The fourth-order valence-corrected chi connectivity index (χ4v) is 2.09. The first kappa shape index (κ1) is 31.6. The van der Waals surface area contributed by atoms with Gasteiger partial charge in [0.15, 0.2) is 0 Å². The van der Waals surface area contributed by atoms with E-state index in [2.05, 4.69) is 28.8 Å². The lowest BCUT2D eigenvalue weighted by molar-refractivity contribution is -0.121. The van der Waals surface area contributed by atoms with Crippen LogP contribution in [0.3, 0.4) is 0 Å². The van der Waals surface area contributed by atoms with E-state index < -0.39 is 0 Å². The Bertz CT molecular complexity index is 467. The van der Waals surface area contributed by atoms with Crippen molar-refractivity contribution in [3.63, 3.8) is 0 Å². The Morgan fingerprint density at radius 1 is 0.667 bits per heavy atom. The Morgan fingerprint density at radius 3 is 1.39 bits per heavy atom. The van der Waals surface area contributed by atoms with E-state index in [-0.39, 0.29) is 12.3 Å². The molecular formula is C22H42N2O9. The number of amides is 1. The van der Waals surface area contributed by atoms with Crippen molar-refractivity contribution >= 4 is 5.91 Å². The molecule has 0 aliphatic carbocycles. The summed E-state index contributed by atoms with van der Waals surface area (Å²) >= 11 is 0. The maximum Gasteiger partial charge on any atom is 0.226 e. The second-order valence-electron chi connectivity index (χ2n) is 6.41. The van der Waals surface area contributed by atoms with Crippen molar-refractivity contribution in [1.29, 1.82) is 0 Å². The highest BCUT2D eigenvalue weighted by molar-refractivity contribution is 5.78. The molecule has 0 rings (SSSR count). The topological polar surface area (TPSA) is 115 Å². The first-order valence-electron chi connectivity index (χ1n) is 11.1. The lowest BCUT2D eigenvalue weighted by atomic mass is 10.4. The van der Waals surface area contributed by atoms with Gasteiger partial charge in [0.05, 0.1) is 106 Å². The summed E-state index contributed by atoms with van der Waals surface area (Å²) in [7, 11) is 1.57. The van der Waals surface area contributed by atoms with Crippen molar-refractivity contribution in [2.24, 2.45) is 0 Å². The zero-order valence-electron chi connectivity index (χ0n) is 20.0. The summed E-state index contributed by atoms with van der Waals surface area (Å²) in [5.74, 6) is -0.151. The molecule has 33 heavy (non-hydrogen) atoms. The molecule has 0 bridgehead atoms. The van der Waals surface area contributed by atoms with Crippen molar-refractivity contribution in [3.05, 3.63) is 24.9 Å². The predicted molar refractivity (Wildman–Crippen MR) is 123 cm³/mol. The van der Waals surface area contributed by atoms with E-state index in [9.17, 15) is 4.79 Å². The van der Waals surface area contributed by atoms with Crippen molar-refractivity contribution in [1.82, 2.24) is 10.8 Å². The summed E-state index contributed by atoms with van der Waals surface area (Å²) < 4.78 is 37.6. The smallest absolute Gasteiger partial charge is 0.226 e. The minimum absolute atomic E-state index is 0.151. The molecule has 0 aromatic rings. The van der Waals surface area contributed by atoms with Crippen LogP contribution in [0.25, 0.3) is 0 Å². The Balaban J connectivity index is 3.10. The van der Waals surface area contributed by atoms with E-state index >= 15 is 0 Å². The molecule has 194 valence electrons. The van der Waals surface area contributed by atoms with Gasteiger partial charge in [-0.25, -0.2) is 5.48 Å². The number of rotatable bonds is 27. The number of ether oxygens (including phenoxy) is 7. The van der Waals surface area contributed by atoms with Crippen LogP contribution in [-0.4, -0.2) is 112 Å². The fourth-order valence-electron chi connectivity index (χ4n) is 2.09. The van der Waals surface area contributed by atoms with Gasteiger partial charge in [0.25, 0.3) is 0 Å². The van der Waals surface area contributed by atoms with Crippen LogP contribution in [-0.2, 0) is 42.8 Å². The van der Waals surface area contributed by atoms with Crippen LogP contribution in [0, 0.1) is 0 Å². The van der Waals surface area contributed by atoms with E-state index in [0.29, 0.717) is 105 Å². The molecule has 0 aliphatic heterocycles. The molecule has 0 aromatic heterocycles. The monoisotopic (exact) mass is 478 g/mol. The average Bonchev–Trinajstić information content (AvgIpc) is 2.81. The average molecular weight is 479 g/mol. The predicted octanol–water partition coefficient (Wildman–Crippen LogP) is 0.460. The SMILES string of the molecule is C=CC(=C)NC(=O)CCOCCOCCOCCOCCOCCOCCOCCNOC. The van der Waals surface area contributed by atoms with Crippen molar-refractivity contribution in [3.8, 4) is 0 Å². The van der Waals surface area contributed by atoms with E-state index in [1.54, 1.807) is 7.11 Å². The number of hydroxylamine groups is 1. The maximum absolute atomic E-state index is 11.5. The van der Waals surface area contributed by atoms with Gasteiger partial charge in [0.2, 0.25) is 5.91 Å². The number of nitrogens with one attached hydrogen (secondary N) is 2. The summed E-state index contributed by atoms with van der Waals surface area (Å²) in [6, 6.07) is 0. The van der Waals surface area contributed by atoms with E-state index in [1.807, 2.05) is 0 Å². The molecule has 0 heterocycles. The number of carbonyl (C=O) groups excluding carboxylic acids is 1. The molecule has 0 spiro atoms. The molecule has 2 N–H and O–H groups in total. The molecule has 1 amide bonds. The van der Waals surface area contributed by atoms with Crippen LogP contribution in [0.4, 0.5) is 0 Å². The Hall–Kier alpha value is -1.41. The first-order chi connectivity index (χ1) is 16.2. The second-order valence-corrected chi connectivity index (χ2v) is 6.41. The largest absolute Gasteiger partial charge is 0.379 e. The van der Waals surface area contributed by atoms with Gasteiger partial charge in [-0.1, -0.05) is 13.2 Å². The third-order valence-electron chi connectivity index (χ3n) is 3.74. The molecule has 0 atom stereocenters. The van der Waals surface area contributed by atoms with Crippen LogP contribution in [0.5, 0.6) is 0 Å². The maximum atomic E-state index is 11.5. The number of hydrogen-bond acceptors (Lipinski definition) is 10. The molecule has 0 unspecified atom stereocenters. The number of allylic oxidation sites excluding steroid dienone is 1. The minimum atomic E-state index is -0.151. The quantitative estimate of drug-likeness (QED) is 0.0980. The molecule has 11 heteroatoms. The first-order valence-corrected chi connectivity index (χ1v) is 11.1. The molecule has 0 saturated carbocycles. The third-order valence-corrected chi connectivity index (χ3v) is 3.74. The highest BCUT2D eigenvalue weighted by Gasteiger charge is 2.01. The Morgan fingerprint density at radius 2 is 1.03 bits per heavy atom. The summed E-state index contributed by atoms with van der Waals surface area (Å²) in [6.07, 6.45) is 1.75. The molecule has 0 aliphatic rings. The van der Waals surface area contributed by atoms with Gasteiger partial charge in [-0.15, -0.1) is 0 Å². The van der Waals surface area contributed by atoms with E-state index in [4.69, 9.17) is 33.2 Å². The lowest BCUT2D eigenvalue weighted by Crippen LogP contribution is -2.22. The zero-order chi connectivity index (χ0) is 24.2. The van der Waals surface area contributed by atoms with Crippen LogP contribution < -0.4 is 10.8 Å². The van der Waals surface area contributed by atoms with Crippen molar-refractivity contribution in [2.75, 3.05) is 106 Å². The van der Waals surface area contributed by atoms with Crippen LogP contribution >= 0.6 is 0 Å². The molecule has 0 aromatic carbocycles. The molecular weight excluding hydrogens is 436 g/mol. The number of carbonyl (C=O) groups is 1. The summed E-state index contributed by atoms with van der Waals surface area (Å²) in [5.41, 5.74) is 3.17. The van der Waals surface area contributed by atoms with Gasteiger partial charge in [-0.2, -0.15) is 0 Å². The standard InChI is InChI=1S/C22H42N2O9/c1-4-21(2)24-22(25)5-7-27-9-11-29-13-15-31-17-19-33-20-18-32-16-14-30-12-10-28-8-6-23-26-3/h4,23H,1-2,5-20H2,3H3,(H,24,25). The van der Waals surface area contributed by atoms with Crippen LogP contribution in [0.15, 0.2) is 24.9 Å². The fraction of sp³-hybridized carbons (Fsp3) is 0.773. The van der Waals surface area contributed by atoms with Gasteiger partial charge in [0, 0.05) is 12.2 Å². The highest BCUT2D eigenvalue weighted by atomic mass is 16.6. The van der Waals surface area contributed by atoms with Gasteiger partial charge >= 0.3 is 0 Å². The normalized spacial score (nSPS) is 10.9. The van der Waals surface area contributed by atoms with Crippen LogP contribution in [0.1, 0.15) is 6.42 Å². The van der Waals surface area contributed by atoms with Crippen molar-refractivity contribution < 1.29 is 42.8 Å². The van der Waals surface area contributed by atoms with E-state index in [1.165, 1.54) is 6.08 Å². The van der Waals surface area contributed by atoms with Gasteiger partial charge in [0.1, 0.15) is 0 Å². The van der Waals surface area contributed by atoms with Gasteiger partial charge < -0.3 is 43.3 Å². The third kappa shape index (κ3) is 26.7. The molecule has 11 nitrogen and oxygen atoms in total. The Kier molecular flexibility index (Phi) is 25.7. The van der Waals surface area contributed by atoms with E-state index in [0.717, 1.165) is 0 Å².